The Labute approximate surface area is 208 Å². The maximum atomic E-state index is 12.2. The number of carbonyl (C=O) groups is 2. The number of hydrazone groups is 2. The Morgan fingerprint density at radius 1 is 0.647 bits per heavy atom. The molecule has 0 aliphatic heterocycles. The minimum Gasteiger partial charge on any atom is -0.272 e. The molecule has 0 spiro atoms. The molecule has 0 bridgehead atoms. The van der Waals surface area contributed by atoms with Crippen LogP contribution in [0.5, 0.6) is 0 Å². The van der Waals surface area contributed by atoms with E-state index in [1.54, 1.807) is 12.4 Å². The predicted molar refractivity (Wildman–Crippen MR) is 141 cm³/mol. The highest BCUT2D eigenvalue weighted by atomic mass is 32.2. The van der Waals surface area contributed by atoms with Crippen LogP contribution in [0.2, 0.25) is 0 Å². The van der Waals surface area contributed by atoms with Gasteiger partial charge in [-0.15, -0.1) is 23.5 Å². The van der Waals surface area contributed by atoms with Crippen molar-refractivity contribution in [3.05, 3.63) is 96.1 Å². The first kappa shape index (κ1) is 25.3. The molecule has 2 amide bonds. The number of hydrogen-bond acceptors (Lipinski definition) is 6. The molecule has 2 atom stereocenters. The number of hydrogen-bond donors (Lipinski definition) is 2. The average Bonchev–Trinajstić information content (AvgIpc) is 2.86. The van der Waals surface area contributed by atoms with Crippen molar-refractivity contribution >= 4 is 47.8 Å². The highest BCUT2D eigenvalue weighted by molar-refractivity contribution is 8.00. The Bertz CT molecular complexity index is 1030. The van der Waals surface area contributed by atoms with Gasteiger partial charge >= 0.3 is 0 Å². The molecule has 174 valence electrons. The van der Waals surface area contributed by atoms with E-state index in [4.69, 9.17) is 0 Å². The van der Waals surface area contributed by atoms with Crippen molar-refractivity contribution in [1.82, 2.24) is 10.9 Å². The monoisotopic (exact) mass is 490 g/mol. The molecule has 0 aliphatic rings. The fourth-order valence-corrected chi connectivity index (χ4v) is 4.47. The second-order valence-corrected chi connectivity index (χ2v) is 10.1. The van der Waals surface area contributed by atoms with Crippen LogP contribution in [-0.2, 0) is 9.59 Å². The number of benzene rings is 3. The third kappa shape index (κ3) is 8.53. The molecule has 0 aliphatic carbocycles. The van der Waals surface area contributed by atoms with E-state index >= 15 is 0 Å². The maximum Gasteiger partial charge on any atom is 0.253 e. The van der Waals surface area contributed by atoms with Gasteiger partial charge in [0, 0.05) is 9.79 Å². The molecule has 34 heavy (non-hydrogen) atoms. The van der Waals surface area contributed by atoms with Crippen LogP contribution in [0.15, 0.2) is 105 Å². The molecule has 3 aromatic rings. The lowest BCUT2D eigenvalue weighted by Crippen LogP contribution is -2.26. The standard InChI is InChI=1S/C26H26N4O2S2/c1-19(33-23-9-5-3-6-10-23)25(31)29-27-17-21-13-15-22(16-14-21)18-28-30-26(32)20(2)34-24-11-7-4-8-12-24/h3-20H,1-2H3,(H,29,31)(H,30,32)/b27-17-,28-18-/t19-,20-/m0/s1. The predicted octanol–water partition coefficient (Wildman–Crippen LogP) is 4.95. The van der Waals surface area contributed by atoms with Crippen LogP contribution in [-0.4, -0.2) is 34.7 Å². The highest BCUT2D eigenvalue weighted by Crippen LogP contribution is 2.23. The molecule has 0 unspecified atom stereocenters. The zero-order chi connectivity index (χ0) is 24.2. The Morgan fingerprint density at radius 3 is 1.35 bits per heavy atom. The van der Waals surface area contributed by atoms with Crippen molar-refractivity contribution in [3.63, 3.8) is 0 Å². The second-order valence-electron chi connectivity index (χ2n) is 7.28. The highest BCUT2D eigenvalue weighted by Gasteiger charge is 2.14. The lowest BCUT2D eigenvalue weighted by atomic mass is 10.2. The van der Waals surface area contributed by atoms with Crippen LogP contribution < -0.4 is 10.9 Å². The van der Waals surface area contributed by atoms with Crippen LogP contribution in [0.4, 0.5) is 0 Å². The molecular weight excluding hydrogens is 464 g/mol. The summed E-state index contributed by atoms with van der Waals surface area (Å²) in [5.74, 6) is -0.325. The van der Waals surface area contributed by atoms with E-state index in [0.29, 0.717) is 0 Å². The molecule has 0 aromatic heterocycles. The summed E-state index contributed by atoms with van der Waals surface area (Å²) in [6.45, 7) is 3.69. The van der Waals surface area contributed by atoms with Gasteiger partial charge in [0.15, 0.2) is 0 Å². The molecule has 3 rings (SSSR count). The van der Waals surface area contributed by atoms with Gasteiger partial charge in [0.2, 0.25) is 0 Å². The van der Waals surface area contributed by atoms with E-state index in [0.717, 1.165) is 20.9 Å². The van der Waals surface area contributed by atoms with Gasteiger partial charge < -0.3 is 0 Å². The minimum absolute atomic E-state index is 0.163. The SMILES string of the molecule is C[C@H](Sc1ccccc1)C(=O)N/N=C\c1ccc(/C=N\NC(=O)[C@H](C)Sc2ccccc2)cc1. The number of nitrogens with one attached hydrogen (secondary N) is 2. The van der Waals surface area contributed by atoms with Crippen molar-refractivity contribution in [2.75, 3.05) is 0 Å². The summed E-state index contributed by atoms with van der Waals surface area (Å²) in [7, 11) is 0. The fourth-order valence-electron chi connectivity index (χ4n) is 2.70. The normalized spacial score (nSPS) is 13.0. The molecule has 2 N–H and O–H groups in total. The van der Waals surface area contributed by atoms with Crippen LogP contribution in [0.25, 0.3) is 0 Å². The molecule has 0 radical (unpaired) electrons. The Kier molecular flexibility index (Phi) is 9.94. The van der Waals surface area contributed by atoms with Crippen molar-refractivity contribution < 1.29 is 9.59 Å². The topological polar surface area (TPSA) is 82.9 Å². The zero-order valence-electron chi connectivity index (χ0n) is 18.9. The maximum absolute atomic E-state index is 12.2. The van der Waals surface area contributed by atoms with E-state index in [1.165, 1.54) is 23.5 Å². The van der Waals surface area contributed by atoms with Crippen molar-refractivity contribution in [2.24, 2.45) is 10.2 Å². The molecule has 0 heterocycles. The summed E-state index contributed by atoms with van der Waals surface area (Å²) < 4.78 is 0. The summed E-state index contributed by atoms with van der Waals surface area (Å²) in [6, 6.07) is 27.0. The van der Waals surface area contributed by atoms with Crippen molar-refractivity contribution in [2.45, 2.75) is 34.1 Å². The van der Waals surface area contributed by atoms with Crippen LogP contribution in [0, 0.1) is 0 Å². The first-order valence-corrected chi connectivity index (χ1v) is 12.5. The number of rotatable bonds is 10. The van der Waals surface area contributed by atoms with Gasteiger partial charge in [-0.3, -0.25) is 9.59 Å². The molecule has 6 nitrogen and oxygen atoms in total. The van der Waals surface area contributed by atoms with Gasteiger partial charge in [0.1, 0.15) is 0 Å². The van der Waals surface area contributed by atoms with Crippen molar-refractivity contribution in [1.29, 1.82) is 0 Å². The lowest BCUT2D eigenvalue weighted by Gasteiger charge is -2.09. The van der Waals surface area contributed by atoms with E-state index in [2.05, 4.69) is 21.1 Å². The third-order valence-electron chi connectivity index (χ3n) is 4.56. The second kappa shape index (κ2) is 13.4. The zero-order valence-corrected chi connectivity index (χ0v) is 20.6. The Morgan fingerprint density at radius 2 is 1.00 bits per heavy atom. The number of thioether (sulfide) groups is 2. The fraction of sp³-hybridized carbons (Fsp3) is 0.154. The summed E-state index contributed by atoms with van der Waals surface area (Å²) in [5, 5.41) is 7.56. The van der Waals surface area contributed by atoms with Crippen LogP contribution in [0.3, 0.4) is 0 Å². The third-order valence-corrected chi connectivity index (χ3v) is 6.79. The number of amides is 2. The van der Waals surface area contributed by atoms with Gasteiger partial charge in [-0.1, -0.05) is 60.7 Å². The number of nitrogens with zero attached hydrogens (tertiary/aromatic N) is 2. The van der Waals surface area contributed by atoms with Gasteiger partial charge in [0.05, 0.1) is 22.9 Å². The first-order chi connectivity index (χ1) is 16.5. The lowest BCUT2D eigenvalue weighted by molar-refractivity contribution is -0.121. The summed E-state index contributed by atoms with van der Waals surface area (Å²) in [4.78, 5) is 26.5. The summed E-state index contributed by atoms with van der Waals surface area (Å²) in [5.41, 5.74) is 6.81. The van der Waals surface area contributed by atoms with Crippen LogP contribution in [0.1, 0.15) is 25.0 Å². The largest absolute Gasteiger partial charge is 0.272 e. The van der Waals surface area contributed by atoms with E-state index in [1.807, 2.05) is 98.8 Å². The molecular formula is C26H26N4O2S2. The van der Waals surface area contributed by atoms with Gasteiger partial charge in [-0.05, 0) is 49.2 Å². The smallest absolute Gasteiger partial charge is 0.253 e. The van der Waals surface area contributed by atoms with E-state index < -0.39 is 0 Å². The molecule has 0 saturated carbocycles. The summed E-state index contributed by atoms with van der Waals surface area (Å²) >= 11 is 2.96. The van der Waals surface area contributed by atoms with Crippen LogP contribution >= 0.6 is 23.5 Å². The van der Waals surface area contributed by atoms with Gasteiger partial charge in [-0.25, -0.2) is 10.9 Å². The van der Waals surface area contributed by atoms with Gasteiger partial charge in [-0.2, -0.15) is 10.2 Å². The summed E-state index contributed by atoms with van der Waals surface area (Å²) in [6.07, 6.45) is 3.17. The van der Waals surface area contributed by atoms with Crippen molar-refractivity contribution in [3.8, 4) is 0 Å². The van der Waals surface area contributed by atoms with E-state index in [-0.39, 0.29) is 22.3 Å². The minimum atomic E-state index is -0.262. The molecule has 0 saturated heterocycles. The van der Waals surface area contributed by atoms with E-state index in [9.17, 15) is 9.59 Å². The molecule has 3 aromatic carbocycles. The average molecular weight is 491 g/mol. The Hall–Kier alpha value is -3.36. The Balaban J connectivity index is 1.42. The first-order valence-electron chi connectivity index (χ1n) is 10.7. The molecule has 8 heteroatoms. The quantitative estimate of drug-likeness (QED) is 0.239. The number of carbonyl (C=O) groups excluding carboxylic acids is 2. The van der Waals surface area contributed by atoms with Gasteiger partial charge in [0.25, 0.3) is 11.8 Å². The molecule has 0 fully saturated rings.